The van der Waals surface area contributed by atoms with E-state index in [9.17, 15) is 9.59 Å². The van der Waals surface area contributed by atoms with Crippen LogP contribution in [0.5, 0.6) is 11.8 Å². The van der Waals surface area contributed by atoms with Crippen LogP contribution in [-0.4, -0.2) is 84.5 Å². The van der Waals surface area contributed by atoms with Gasteiger partial charge < -0.3 is 18.9 Å². The van der Waals surface area contributed by atoms with Gasteiger partial charge in [0.2, 0.25) is 11.8 Å². The molecule has 268 valence electrons. The van der Waals surface area contributed by atoms with Crippen molar-refractivity contribution in [2.75, 3.05) is 26.4 Å². The predicted molar refractivity (Wildman–Crippen MR) is 198 cm³/mol. The summed E-state index contributed by atoms with van der Waals surface area (Å²) in [5.41, 5.74) is 0.467. The first kappa shape index (κ1) is 41.7. The van der Waals surface area contributed by atoms with E-state index in [-0.39, 0.29) is 33.2 Å². The molecule has 4 aromatic heterocycles. The molecule has 0 spiro atoms. The van der Waals surface area contributed by atoms with Crippen LogP contribution >= 0.6 is 34.8 Å². The van der Waals surface area contributed by atoms with Crippen LogP contribution < -0.4 is 9.47 Å². The van der Waals surface area contributed by atoms with E-state index in [4.69, 9.17) is 53.8 Å². The van der Waals surface area contributed by atoms with Crippen molar-refractivity contribution in [2.45, 2.75) is 65.2 Å². The van der Waals surface area contributed by atoms with E-state index in [1.165, 1.54) is 18.2 Å². The lowest BCUT2D eigenvalue weighted by atomic mass is 10.3. The Morgan fingerprint density at radius 3 is 1.80 bits per heavy atom. The zero-order valence-electron chi connectivity index (χ0n) is 29.2. The van der Waals surface area contributed by atoms with Crippen LogP contribution in [0.1, 0.15) is 34.6 Å². The van der Waals surface area contributed by atoms with Crippen LogP contribution in [-0.2, 0) is 9.47 Å². The molecule has 0 aromatic carbocycles. The molecule has 4 heterocycles. The minimum absolute atomic E-state index is 0.0611. The third kappa shape index (κ3) is 16.2. The second kappa shape index (κ2) is 20.3. The van der Waals surface area contributed by atoms with Crippen LogP contribution in [0, 0.1) is 0 Å². The van der Waals surface area contributed by atoms with Crippen molar-refractivity contribution in [3.8, 4) is 17.6 Å². The van der Waals surface area contributed by atoms with E-state index in [2.05, 4.69) is 64.5 Å². The number of aromatic nitrogens is 6. The molecule has 0 radical (unpaired) electrons. The highest BCUT2D eigenvalue weighted by atomic mass is 35.5. The van der Waals surface area contributed by atoms with E-state index in [1.54, 1.807) is 49.1 Å². The molecule has 12 nitrogen and oxygen atoms in total. The lowest BCUT2D eigenvalue weighted by molar-refractivity contribution is 0.0516. The van der Waals surface area contributed by atoms with Crippen molar-refractivity contribution >= 4 is 62.9 Å². The Kier molecular flexibility index (Phi) is 17.3. The van der Waals surface area contributed by atoms with Gasteiger partial charge in [0.15, 0.2) is 5.82 Å². The standard InChI is InChI=1S/C16H22ClN3O3Si.C8H7Cl2NO2.C8H16N2OSi/c1-5-22-16(21)12-6-7-13(18-15(12)17)20-9-8-14(19-20)23-10-11-24(2,3)4;1-2-13-8(12)5-3-4-6(9)11-7(5)10;1-12(2,3)7-6-11-8-4-5-9-10-8/h6-9H,5,10-11H2,1-4H3;3-4H,2H2,1H3;4-5H,6-7H2,1-3H3,(H,9,10). The third-order valence-electron chi connectivity index (χ3n) is 6.13. The van der Waals surface area contributed by atoms with E-state index in [1.807, 2.05) is 6.07 Å². The van der Waals surface area contributed by atoms with E-state index >= 15 is 0 Å². The zero-order valence-corrected chi connectivity index (χ0v) is 33.4. The molecule has 49 heavy (non-hydrogen) atoms. The number of carbonyl (C=O) groups is 2. The molecule has 0 saturated carbocycles. The van der Waals surface area contributed by atoms with Crippen molar-refractivity contribution in [3.63, 3.8) is 0 Å². The van der Waals surface area contributed by atoms with Gasteiger partial charge >= 0.3 is 11.9 Å². The van der Waals surface area contributed by atoms with E-state index in [0.29, 0.717) is 24.9 Å². The van der Waals surface area contributed by atoms with Crippen molar-refractivity contribution in [2.24, 2.45) is 0 Å². The third-order valence-corrected chi connectivity index (χ3v) is 10.3. The summed E-state index contributed by atoms with van der Waals surface area (Å²) in [6.07, 6.45) is 3.44. The first-order valence-corrected chi connectivity index (χ1v) is 24.2. The maximum atomic E-state index is 11.7. The number of pyridine rings is 2. The minimum Gasteiger partial charge on any atom is -0.478 e. The predicted octanol–water partition coefficient (Wildman–Crippen LogP) is 8.51. The summed E-state index contributed by atoms with van der Waals surface area (Å²) in [6.45, 7) is 19.4. The summed E-state index contributed by atoms with van der Waals surface area (Å²) in [4.78, 5) is 30.8. The minimum atomic E-state index is -1.13. The Hall–Kier alpha value is -3.44. The molecule has 4 aromatic rings. The number of aromatic amines is 1. The average molecular weight is 772 g/mol. The largest absolute Gasteiger partial charge is 0.478 e. The van der Waals surface area contributed by atoms with Crippen molar-refractivity contribution in [3.05, 3.63) is 75.4 Å². The van der Waals surface area contributed by atoms with Gasteiger partial charge in [-0.05, 0) is 50.2 Å². The van der Waals surface area contributed by atoms with Crippen molar-refractivity contribution in [1.82, 2.24) is 29.9 Å². The molecule has 0 amide bonds. The van der Waals surface area contributed by atoms with Crippen LogP contribution in [0.4, 0.5) is 0 Å². The Labute approximate surface area is 304 Å². The van der Waals surface area contributed by atoms with Gasteiger partial charge in [-0.25, -0.2) is 29.3 Å². The molecule has 0 saturated heterocycles. The van der Waals surface area contributed by atoms with Gasteiger partial charge in [-0.15, -0.1) is 5.10 Å². The highest BCUT2D eigenvalue weighted by molar-refractivity contribution is 6.76. The normalized spacial score (nSPS) is 11.0. The SMILES string of the molecule is CCOC(=O)c1ccc(-n2ccc(OCC[Si](C)(C)C)n2)nc1Cl.CCOC(=O)c1ccc(Cl)nc1Cl.C[Si](C)(C)CCOc1ccn[nH]1. The molecule has 0 aliphatic heterocycles. The number of rotatable bonds is 13. The number of ether oxygens (including phenoxy) is 4. The zero-order chi connectivity index (χ0) is 36.6. The van der Waals surface area contributed by atoms with Crippen LogP contribution in [0.25, 0.3) is 5.82 Å². The maximum absolute atomic E-state index is 11.7. The average Bonchev–Trinajstić information content (AvgIpc) is 3.69. The first-order chi connectivity index (χ1) is 23.0. The van der Waals surface area contributed by atoms with Gasteiger partial charge in [0, 0.05) is 34.5 Å². The summed E-state index contributed by atoms with van der Waals surface area (Å²) in [7, 11) is -2.08. The fourth-order valence-corrected chi connectivity index (χ4v) is 5.53. The van der Waals surface area contributed by atoms with Crippen LogP contribution in [0.2, 0.25) is 66.8 Å². The molecule has 0 fully saturated rings. The molecule has 0 unspecified atom stereocenters. The Balaban J connectivity index is 0.000000281. The topological polar surface area (TPSA) is 143 Å². The summed E-state index contributed by atoms with van der Waals surface area (Å²) in [5, 5.41) is 11.3. The van der Waals surface area contributed by atoms with Crippen LogP contribution in [0.3, 0.4) is 0 Å². The van der Waals surface area contributed by atoms with Crippen molar-refractivity contribution in [1.29, 1.82) is 0 Å². The highest BCUT2D eigenvalue weighted by Crippen LogP contribution is 2.19. The van der Waals surface area contributed by atoms with Gasteiger partial charge in [-0.3, -0.25) is 0 Å². The van der Waals surface area contributed by atoms with Crippen LogP contribution in [0.15, 0.2) is 48.8 Å². The summed E-state index contributed by atoms with van der Waals surface area (Å²) < 4.78 is 22.3. The Morgan fingerprint density at radius 2 is 1.31 bits per heavy atom. The van der Waals surface area contributed by atoms with E-state index in [0.717, 1.165) is 18.5 Å². The second-order valence-electron chi connectivity index (χ2n) is 12.8. The Morgan fingerprint density at radius 1 is 0.755 bits per heavy atom. The smallest absolute Gasteiger partial charge is 0.341 e. The maximum Gasteiger partial charge on any atom is 0.341 e. The molecule has 0 aliphatic rings. The summed E-state index contributed by atoms with van der Waals surface area (Å²) in [5.74, 6) is 0.844. The number of hydrogen-bond donors (Lipinski definition) is 1. The Bertz CT molecular complexity index is 1610. The molecular weight excluding hydrogens is 727 g/mol. The van der Waals surface area contributed by atoms with Gasteiger partial charge in [-0.2, -0.15) is 5.10 Å². The number of esters is 2. The number of hydrogen-bond acceptors (Lipinski definition) is 10. The van der Waals surface area contributed by atoms with Gasteiger partial charge in [0.1, 0.15) is 15.5 Å². The van der Waals surface area contributed by atoms with Gasteiger partial charge in [-0.1, -0.05) is 74.1 Å². The molecule has 1 N–H and O–H groups in total. The quantitative estimate of drug-likeness (QED) is 0.0798. The molecule has 0 aliphatic carbocycles. The monoisotopic (exact) mass is 770 g/mol. The highest BCUT2D eigenvalue weighted by Gasteiger charge is 2.16. The van der Waals surface area contributed by atoms with Gasteiger partial charge in [0.05, 0.1) is 43.8 Å². The fourth-order valence-electron chi connectivity index (χ4n) is 3.45. The van der Waals surface area contributed by atoms with Gasteiger partial charge in [0.25, 0.3) is 0 Å². The second-order valence-corrected chi connectivity index (χ2v) is 25.1. The number of H-pyrrole nitrogens is 1. The lowest BCUT2D eigenvalue weighted by Gasteiger charge is -2.14. The van der Waals surface area contributed by atoms with E-state index < -0.39 is 28.1 Å². The number of nitrogens with one attached hydrogen (secondary N) is 1. The molecule has 4 rings (SSSR count). The number of halogens is 3. The molecule has 0 atom stereocenters. The molecule has 17 heteroatoms. The number of nitrogens with zero attached hydrogens (tertiary/aromatic N) is 5. The number of carbonyl (C=O) groups excluding carboxylic acids is 2. The molecular formula is C32H45Cl3N6O6Si2. The lowest BCUT2D eigenvalue weighted by Crippen LogP contribution is -2.22. The molecule has 0 bridgehead atoms. The first-order valence-electron chi connectivity index (χ1n) is 15.7. The van der Waals surface area contributed by atoms with Crippen molar-refractivity contribution < 1.29 is 28.5 Å². The summed E-state index contributed by atoms with van der Waals surface area (Å²) >= 11 is 17.3. The fraction of sp³-hybridized carbons (Fsp3) is 0.438. The summed E-state index contributed by atoms with van der Waals surface area (Å²) in [6, 6.07) is 12.1.